The van der Waals surface area contributed by atoms with Gasteiger partial charge in [-0.15, -0.1) is 0 Å². The molecule has 3 unspecified atom stereocenters. The van der Waals surface area contributed by atoms with Crippen LogP contribution in [-0.2, 0) is 4.79 Å². The molecule has 0 radical (unpaired) electrons. The fourth-order valence-electron chi connectivity index (χ4n) is 2.19. The Hall–Kier alpha value is -0.570. The van der Waals surface area contributed by atoms with E-state index in [0.717, 1.165) is 12.3 Å². The molecule has 0 aromatic carbocycles. The van der Waals surface area contributed by atoms with Crippen molar-refractivity contribution in [1.29, 1.82) is 0 Å². The minimum absolute atomic E-state index is 0.101. The summed E-state index contributed by atoms with van der Waals surface area (Å²) >= 11 is 0. The van der Waals surface area contributed by atoms with Gasteiger partial charge in [-0.1, -0.05) is 13.8 Å². The highest BCUT2D eigenvalue weighted by Crippen LogP contribution is 2.28. The fourth-order valence-corrected chi connectivity index (χ4v) is 2.19. The Morgan fingerprint density at radius 3 is 2.69 bits per heavy atom. The quantitative estimate of drug-likeness (QED) is 0.700. The van der Waals surface area contributed by atoms with E-state index in [1.165, 1.54) is 12.8 Å². The van der Waals surface area contributed by atoms with E-state index in [1.807, 2.05) is 0 Å². The van der Waals surface area contributed by atoms with Gasteiger partial charge in [0.2, 0.25) is 0 Å². The number of carboxylic acid groups (broad SMARTS) is 1. The zero-order chi connectivity index (χ0) is 9.84. The van der Waals surface area contributed by atoms with Crippen LogP contribution in [0, 0.1) is 11.8 Å². The van der Waals surface area contributed by atoms with Gasteiger partial charge in [-0.2, -0.15) is 0 Å². The lowest BCUT2D eigenvalue weighted by atomic mass is 9.80. The van der Waals surface area contributed by atoms with Crippen molar-refractivity contribution in [3.05, 3.63) is 0 Å². The van der Waals surface area contributed by atoms with Gasteiger partial charge in [0.15, 0.2) is 0 Å². The smallest absolute Gasteiger partial charge is 0.317 e. The van der Waals surface area contributed by atoms with Gasteiger partial charge >= 0.3 is 5.97 Å². The van der Waals surface area contributed by atoms with Gasteiger partial charge in [0.25, 0.3) is 0 Å². The topological polar surface area (TPSA) is 49.3 Å². The highest BCUT2D eigenvalue weighted by Gasteiger charge is 2.24. The second kappa shape index (κ2) is 4.61. The number of nitrogens with one attached hydrogen (secondary N) is 1. The number of carboxylic acids is 1. The van der Waals surface area contributed by atoms with Crippen LogP contribution in [0.15, 0.2) is 0 Å². The molecule has 0 aromatic rings. The van der Waals surface area contributed by atoms with E-state index in [2.05, 4.69) is 19.2 Å². The zero-order valence-corrected chi connectivity index (χ0v) is 8.42. The van der Waals surface area contributed by atoms with Crippen LogP contribution in [0.25, 0.3) is 0 Å². The molecule has 13 heavy (non-hydrogen) atoms. The van der Waals surface area contributed by atoms with Crippen molar-refractivity contribution < 1.29 is 9.90 Å². The maximum absolute atomic E-state index is 10.4. The maximum Gasteiger partial charge on any atom is 0.317 e. The average molecular weight is 185 g/mol. The first-order valence-corrected chi connectivity index (χ1v) is 5.04. The van der Waals surface area contributed by atoms with Crippen molar-refractivity contribution in [2.75, 3.05) is 6.54 Å². The molecule has 2 N–H and O–H groups in total. The number of hydrogen-bond donors (Lipinski definition) is 2. The van der Waals surface area contributed by atoms with Crippen LogP contribution >= 0.6 is 0 Å². The first kappa shape index (κ1) is 10.5. The van der Waals surface area contributed by atoms with Crippen molar-refractivity contribution >= 4 is 5.97 Å². The minimum atomic E-state index is -0.758. The molecular formula is C10H19NO2. The molecule has 0 spiro atoms. The minimum Gasteiger partial charge on any atom is -0.480 e. The lowest BCUT2D eigenvalue weighted by Gasteiger charge is -2.32. The lowest BCUT2D eigenvalue weighted by molar-refractivity contribution is -0.136. The standard InChI is InChI=1S/C10H19NO2/c1-7-3-4-9(8(2)5-7)11-6-10(12)13/h7-9,11H,3-6H2,1-2H3,(H,12,13). The Balaban J connectivity index is 2.29. The third kappa shape index (κ3) is 3.35. The number of rotatable bonds is 3. The second-order valence-corrected chi connectivity index (χ2v) is 4.28. The SMILES string of the molecule is CC1CCC(NCC(=O)O)C(C)C1. The van der Waals surface area contributed by atoms with Crippen molar-refractivity contribution in [2.24, 2.45) is 11.8 Å². The predicted molar refractivity (Wildman–Crippen MR) is 51.6 cm³/mol. The zero-order valence-electron chi connectivity index (χ0n) is 8.42. The third-order valence-electron chi connectivity index (χ3n) is 2.95. The summed E-state index contributed by atoms with van der Waals surface area (Å²) < 4.78 is 0. The van der Waals surface area contributed by atoms with Crippen LogP contribution in [0.5, 0.6) is 0 Å². The van der Waals surface area contributed by atoms with E-state index in [1.54, 1.807) is 0 Å². The highest BCUT2D eigenvalue weighted by atomic mass is 16.4. The van der Waals surface area contributed by atoms with Crippen LogP contribution in [0.2, 0.25) is 0 Å². The molecule has 1 aliphatic rings. The molecule has 3 heteroatoms. The summed E-state index contributed by atoms with van der Waals surface area (Å²) in [4.78, 5) is 10.4. The summed E-state index contributed by atoms with van der Waals surface area (Å²) in [6.45, 7) is 4.57. The van der Waals surface area contributed by atoms with Crippen molar-refractivity contribution in [3.63, 3.8) is 0 Å². The molecule has 1 fully saturated rings. The maximum atomic E-state index is 10.4. The summed E-state index contributed by atoms with van der Waals surface area (Å²) in [5, 5.41) is 11.6. The first-order chi connectivity index (χ1) is 6.09. The molecule has 0 saturated heterocycles. The van der Waals surface area contributed by atoms with Gasteiger partial charge < -0.3 is 10.4 Å². The molecule has 1 aliphatic carbocycles. The van der Waals surface area contributed by atoms with Crippen molar-refractivity contribution in [2.45, 2.75) is 39.2 Å². The van der Waals surface area contributed by atoms with E-state index in [9.17, 15) is 4.79 Å². The molecule has 0 amide bonds. The lowest BCUT2D eigenvalue weighted by Crippen LogP contribution is -2.41. The average Bonchev–Trinajstić information content (AvgIpc) is 2.02. The molecule has 3 nitrogen and oxygen atoms in total. The molecule has 0 aromatic heterocycles. The Kier molecular flexibility index (Phi) is 3.72. The highest BCUT2D eigenvalue weighted by molar-refractivity contribution is 5.69. The first-order valence-electron chi connectivity index (χ1n) is 5.04. The number of carbonyl (C=O) groups is 1. The van der Waals surface area contributed by atoms with E-state index >= 15 is 0 Å². The van der Waals surface area contributed by atoms with Crippen molar-refractivity contribution in [3.8, 4) is 0 Å². The summed E-state index contributed by atoms with van der Waals surface area (Å²) in [7, 11) is 0. The third-order valence-corrected chi connectivity index (χ3v) is 2.95. The molecule has 0 heterocycles. The van der Waals surface area contributed by atoms with Crippen LogP contribution in [-0.4, -0.2) is 23.7 Å². The summed E-state index contributed by atoms with van der Waals surface area (Å²) in [6.07, 6.45) is 3.56. The monoisotopic (exact) mass is 185 g/mol. The Bertz CT molecular complexity index is 182. The Labute approximate surface area is 79.5 Å². The Morgan fingerprint density at radius 1 is 1.46 bits per heavy atom. The summed E-state index contributed by atoms with van der Waals surface area (Å²) in [6, 6.07) is 0.410. The largest absolute Gasteiger partial charge is 0.480 e. The van der Waals surface area contributed by atoms with Gasteiger partial charge in [-0.25, -0.2) is 0 Å². The van der Waals surface area contributed by atoms with E-state index in [-0.39, 0.29) is 6.54 Å². The van der Waals surface area contributed by atoms with Crippen molar-refractivity contribution in [1.82, 2.24) is 5.32 Å². The van der Waals surface area contributed by atoms with E-state index < -0.39 is 5.97 Å². The number of hydrogen-bond acceptors (Lipinski definition) is 2. The summed E-state index contributed by atoms with van der Waals surface area (Å²) in [5.74, 6) is 0.659. The van der Waals surface area contributed by atoms with Gasteiger partial charge in [0, 0.05) is 6.04 Å². The molecule has 0 aliphatic heterocycles. The van der Waals surface area contributed by atoms with Crippen LogP contribution in [0.3, 0.4) is 0 Å². The molecule has 1 rings (SSSR count). The van der Waals surface area contributed by atoms with Gasteiger partial charge in [0.1, 0.15) is 0 Å². The van der Waals surface area contributed by atoms with Gasteiger partial charge in [0.05, 0.1) is 6.54 Å². The molecule has 3 atom stereocenters. The molecule has 0 bridgehead atoms. The van der Waals surface area contributed by atoms with Crippen LogP contribution in [0.1, 0.15) is 33.1 Å². The van der Waals surface area contributed by atoms with Gasteiger partial charge in [-0.3, -0.25) is 4.79 Å². The summed E-state index contributed by atoms with van der Waals surface area (Å²) in [5.41, 5.74) is 0. The van der Waals surface area contributed by atoms with Crippen LogP contribution in [0.4, 0.5) is 0 Å². The normalized spacial score (nSPS) is 34.5. The second-order valence-electron chi connectivity index (χ2n) is 4.28. The number of aliphatic carboxylic acids is 1. The Morgan fingerprint density at radius 2 is 2.15 bits per heavy atom. The predicted octanol–water partition coefficient (Wildman–Crippen LogP) is 1.49. The molecule has 1 saturated carbocycles. The molecular weight excluding hydrogens is 166 g/mol. The van der Waals surface area contributed by atoms with Gasteiger partial charge in [-0.05, 0) is 31.1 Å². The fraction of sp³-hybridized carbons (Fsp3) is 0.900. The van der Waals surface area contributed by atoms with Crippen LogP contribution < -0.4 is 5.32 Å². The van der Waals surface area contributed by atoms with E-state index in [4.69, 9.17) is 5.11 Å². The van der Waals surface area contributed by atoms with E-state index in [0.29, 0.717) is 12.0 Å². The molecule has 76 valence electrons.